The van der Waals surface area contributed by atoms with Crippen molar-refractivity contribution in [3.63, 3.8) is 0 Å². The summed E-state index contributed by atoms with van der Waals surface area (Å²) >= 11 is 0. The maximum Gasteiger partial charge on any atom is 0.252 e. The lowest BCUT2D eigenvalue weighted by Crippen LogP contribution is -2.51. The Morgan fingerprint density at radius 1 is 1.30 bits per heavy atom. The first-order valence-corrected chi connectivity index (χ1v) is 8.97. The Hall–Kier alpha value is -1.14. The molecule has 132 valence electrons. The summed E-state index contributed by atoms with van der Waals surface area (Å²) in [6, 6.07) is 0.664. The molecule has 2 aliphatic heterocycles. The fourth-order valence-electron chi connectivity index (χ4n) is 3.88. The van der Waals surface area contributed by atoms with Crippen LogP contribution in [0, 0.1) is 0 Å². The highest BCUT2D eigenvalue weighted by Gasteiger charge is 2.37. The lowest BCUT2D eigenvalue weighted by molar-refractivity contribution is -0.141. The van der Waals surface area contributed by atoms with Gasteiger partial charge in [-0.15, -0.1) is 0 Å². The summed E-state index contributed by atoms with van der Waals surface area (Å²) in [5.41, 5.74) is 0. The third kappa shape index (κ3) is 4.23. The number of hydrogen-bond acceptors (Lipinski definition) is 4. The molecule has 2 aliphatic rings. The second kappa shape index (κ2) is 8.11. The van der Waals surface area contributed by atoms with Crippen molar-refractivity contribution >= 4 is 11.8 Å². The summed E-state index contributed by atoms with van der Waals surface area (Å²) in [7, 11) is 0. The van der Waals surface area contributed by atoms with E-state index in [0.717, 1.165) is 6.54 Å². The molecule has 0 radical (unpaired) electrons. The average Bonchev–Trinajstić information content (AvgIpc) is 2.83. The van der Waals surface area contributed by atoms with Gasteiger partial charge in [-0.1, -0.05) is 13.3 Å². The van der Waals surface area contributed by atoms with Gasteiger partial charge in [-0.2, -0.15) is 0 Å². The van der Waals surface area contributed by atoms with Gasteiger partial charge >= 0.3 is 0 Å². The molecule has 0 spiro atoms. The van der Waals surface area contributed by atoms with Crippen molar-refractivity contribution < 1.29 is 14.7 Å². The highest BCUT2D eigenvalue weighted by Crippen LogP contribution is 2.21. The normalized spacial score (nSPS) is 30.5. The minimum absolute atomic E-state index is 0.104. The maximum absolute atomic E-state index is 12.4. The molecule has 6 nitrogen and oxygen atoms in total. The van der Waals surface area contributed by atoms with Crippen LogP contribution >= 0.6 is 0 Å². The Morgan fingerprint density at radius 2 is 1.96 bits per heavy atom. The topological polar surface area (TPSA) is 72.9 Å². The highest BCUT2D eigenvalue weighted by molar-refractivity contribution is 5.90. The fourth-order valence-corrected chi connectivity index (χ4v) is 3.88. The van der Waals surface area contributed by atoms with E-state index in [1.165, 1.54) is 24.2 Å². The molecule has 0 aromatic carbocycles. The molecule has 4 atom stereocenters. The molecule has 2 N–H and O–H groups in total. The number of rotatable bonds is 6. The monoisotopic (exact) mass is 325 g/mol. The molecule has 0 aromatic heterocycles. The molecule has 2 amide bonds. The number of carbonyl (C=O) groups excluding carboxylic acids is 2. The number of piperidine rings is 1. The van der Waals surface area contributed by atoms with E-state index >= 15 is 0 Å². The largest absolute Gasteiger partial charge is 0.383 e. The van der Waals surface area contributed by atoms with Gasteiger partial charge < -0.3 is 15.3 Å². The van der Waals surface area contributed by atoms with Crippen LogP contribution in [-0.2, 0) is 9.59 Å². The van der Waals surface area contributed by atoms with Gasteiger partial charge in [-0.25, -0.2) is 0 Å². The Bertz CT molecular complexity index is 419. The first kappa shape index (κ1) is 18.2. The van der Waals surface area contributed by atoms with Gasteiger partial charge in [0.25, 0.3) is 5.91 Å². The molecule has 2 saturated heterocycles. The van der Waals surface area contributed by atoms with Crippen molar-refractivity contribution in [2.75, 3.05) is 19.6 Å². The summed E-state index contributed by atoms with van der Waals surface area (Å²) in [6.07, 6.45) is 3.77. The van der Waals surface area contributed by atoms with Crippen LogP contribution in [-0.4, -0.2) is 70.6 Å². The zero-order valence-electron chi connectivity index (χ0n) is 14.6. The summed E-state index contributed by atoms with van der Waals surface area (Å²) in [5.74, 6) is -0.419. The summed E-state index contributed by atoms with van der Waals surface area (Å²) in [4.78, 5) is 28.3. The molecule has 23 heavy (non-hydrogen) atoms. The van der Waals surface area contributed by atoms with E-state index in [0.29, 0.717) is 38.0 Å². The van der Waals surface area contributed by atoms with Crippen molar-refractivity contribution in [3.05, 3.63) is 0 Å². The predicted molar refractivity (Wildman–Crippen MR) is 88.9 cm³/mol. The summed E-state index contributed by atoms with van der Waals surface area (Å²) < 4.78 is 0. The quantitative estimate of drug-likeness (QED) is 0.755. The van der Waals surface area contributed by atoms with Crippen LogP contribution in [0.5, 0.6) is 0 Å². The molecular weight excluding hydrogens is 294 g/mol. The van der Waals surface area contributed by atoms with Crippen LogP contribution in [0.15, 0.2) is 0 Å². The van der Waals surface area contributed by atoms with E-state index in [4.69, 9.17) is 0 Å². The zero-order valence-corrected chi connectivity index (χ0v) is 14.6. The van der Waals surface area contributed by atoms with E-state index in [-0.39, 0.29) is 11.8 Å². The molecule has 0 aliphatic carbocycles. The Balaban J connectivity index is 1.82. The van der Waals surface area contributed by atoms with Crippen molar-refractivity contribution in [3.8, 4) is 0 Å². The van der Waals surface area contributed by atoms with E-state index in [2.05, 4.69) is 24.1 Å². The number of likely N-dealkylation sites (tertiary alicyclic amines) is 2. The minimum atomic E-state index is -0.938. The van der Waals surface area contributed by atoms with Crippen LogP contribution in [0.2, 0.25) is 0 Å². The molecule has 0 aromatic rings. The number of aliphatic hydroxyl groups is 1. The van der Waals surface area contributed by atoms with E-state index in [9.17, 15) is 14.7 Å². The molecular formula is C17H31N3O3. The third-order valence-electron chi connectivity index (χ3n) is 5.32. The fraction of sp³-hybridized carbons (Fsp3) is 0.882. The molecule has 2 fully saturated rings. The van der Waals surface area contributed by atoms with E-state index in [1.807, 2.05) is 6.92 Å². The lowest BCUT2D eigenvalue weighted by Gasteiger charge is -2.39. The number of aliphatic hydroxyl groups excluding tert-OH is 1. The van der Waals surface area contributed by atoms with Gasteiger partial charge in [0.1, 0.15) is 12.1 Å². The van der Waals surface area contributed by atoms with E-state index in [1.54, 1.807) is 0 Å². The van der Waals surface area contributed by atoms with Crippen LogP contribution in [0.4, 0.5) is 0 Å². The second-order valence-electron chi connectivity index (χ2n) is 6.92. The van der Waals surface area contributed by atoms with Gasteiger partial charge in [-0.3, -0.25) is 14.5 Å². The smallest absolute Gasteiger partial charge is 0.252 e. The molecule has 2 heterocycles. The van der Waals surface area contributed by atoms with Gasteiger partial charge in [0.05, 0.1) is 0 Å². The minimum Gasteiger partial charge on any atom is -0.383 e. The number of amides is 2. The first-order valence-electron chi connectivity index (χ1n) is 8.97. The van der Waals surface area contributed by atoms with Gasteiger partial charge in [-0.05, 0) is 39.5 Å². The van der Waals surface area contributed by atoms with Crippen molar-refractivity contribution in [1.29, 1.82) is 0 Å². The molecule has 0 saturated carbocycles. The van der Waals surface area contributed by atoms with Crippen LogP contribution in [0.1, 0.15) is 52.9 Å². The lowest BCUT2D eigenvalue weighted by atomic mass is 9.98. The predicted octanol–water partition coefficient (Wildman–Crippen LogP) is 0.737. The first-order chi connectivity index (χ1) is 11.0. The Labute approximate surface area is 139 Å². The van der Waals surface area contributed by atoms with Crippen LogP contribution in [0.3, 0.4) is 0 Å². The summed E-state index contributed by atoms with van der Waals surface area (Å²) in [6.45, 7) is 8.31. The highest BCUT2D eigenvalue weighted by atomic mass is 16.3. The van der Waals surface area contributed by atoms with E-state index < -0.39 is 12.1 Å². The van der Waals surface area contributed by atoms with Gasteiger partial charge in [0, 0.05) is 31.7 Å². The second-order valence-corrected chi connectivity index (χ2v) is 6.92. The standard InChI is InChI=1S/C17H31N3O3/c1-4-14(20-10-8-15(21)17(20)23)16(22)18-9-11-19-12(2)6-5-7-13(19)3/h12-15,21H,4-11H2,1-3H3,(H,18,22)/t12-,13+,14-,15+/m0/s1. The molecule has 6 heteroatoms. The van der Waals surface area contributed by atoms with Gasteiger partial charge in [0.15, 0.2) is 0 Å². The van der Waals surface area contributed by atoms with Crippen LogP contribution < -0.4 is 5.32 Å². The van der Waals surface area contributed by atoms with Crippen molar-refractivity contribution in [2.24, 2.45) is 0 Å². The Morgan fingerprint density at radius 3 is 2.48 bits per heavy atom. The van der Waals surface area contributed by atoms with Gasteiger partial charge in [0.2, 0.25) is 5.91 Å². The molecule has 0 unspecified atom stereocenters. The number of hydrogen-bond donors (Lipinski definition) is 2. The van der Waals surface area contributed by atoms with Crippen molar-refractivity contribution in [1.82, 2.24) is 15.1 Å². The molecule has 0 bridgehead atoms. The Kier molecular flexibility index (Phi) is 6.41. The molecule has 2 rings (SSSR count). The number of carbonyl (C=O) groups is 2. The van der Waals surface area contributed by atoms with Crippen LogP contribution in [0.25, 0.3) is 0 Å². The average molecular weight is 325 g/mol. The number of nitrogens with one attached hydrogen (secondary N) is 1. The zero-order chi connectivity index (χ0) is 17.0. The summed E-state index contributed by atoms with van der Waals surface area (Å²) in [5, 5.41) is 12.5. The third-order valence-corrected chi connectivity index (χ3v) is 5.32. The number of nitrogens with zero attached hydrogens (tertiary/aromatic N) is 2. The maximum atomic E-state index is 12.4. The van der Waals surface area contributed by atoms with Crippen molar-refractivity contribution in [2.45, 2.75) is 77.1 Å². The SMILES string of the molecule is CC[C@@H](C(=O)NCCN1[C@H](C)CCC[C@@H]1C)N1CC[C@@H](O)C1=O.